The summed E-state index contributed by atoms with van der Waals surface area (Å²) in [7, 11) is 0. The zero-order valence-corrected chi connectivity index (χ0v) is 21.9. The van der Waals surface area contributed by atoms with Gasteiger partial charge in [-0.2, -0.15) is 0 Å². The van der Waals surface area contributed by atoms with Gasteiger partial charge < -0.3 is 34.6 Å². The van der Waals surface area contributed by atoms with Crippen molar-refractivity contribution in [1.82, 2.24) is 0 Å². The maximum absolute atomic E-state index is 12.4. The van der Waals surface area contributed by atoms with Crippen LogP contribution in [0.25, 0.3) is 0 Å². The van der Waals surface area contributed by atoms with Crippen LogP contribution in [0.1, 0.15) is 89.9 Å². The fraction of sp³-hybridized carbons (Fsp3) is 0.929. The van der Waals surface area contributed by atoms with Crippen molar-refractivity contribution in [3.63, 3.8) is 0 Å². The van der Waals surface area contributed by atoms with Gasteiger partial charge in [0.25, 0.3) is 0 Å². The molecule has 4 fully saturated rings. The molecule has 0 aromatic heterocycles. The Balaban J connectivity index is 1.17. The largest absolute Gasteiger partial charge is 0.465 e. The van der Waals surface area contributed by atoms with Gasteiger partial charge in [-0.25, -0.2) is 0 Å². The van der Waals surface area contributed by atoms with Crippen molar-refractivity contribution in [3.8, 4) is 0 Å². The van der Waals surface area contributed by atoms with E-state index >= 15 is 0 Å². The molecule has 0 aliphatic heterocycles. The number of aliphatic hydroxyl groups is 4. The molecule has 10 atom stereocenters. The molecule has 4 saturated carbocycles. The van der Waals surface area contributed by atoms with E-state index in [0.717, 1.165) is 51.4 Å². The molecule has 4 rings (SSSR count). The first-order chi connectivity index (χ1) is 17.8. The van der Waals surface area contributed by atoms with Crippen LogP contribution in [0.4, 0.5) is 0 Å². The van der Waals surface area contributed by atoms with Crippen LogP contribution in [0, 0.1) is 23.7 Å². The fourth-order valence-corrected chi connectivity index (χ4v) is 6.62. The van der Waals surface area contributed by atoms with Gasteiger partial charge in [-0.15, -0.1) is 0 Å². The third-order valence-electron chi connectivity index (χ3n) is 8.96. The Kier molecular flexibility index (Phi) is 10.6. The number of hydrogen-bond donors (Lipinski definition) is 4. The van der Waals surface area contributed by atoms with E-state index in [1.54, 1.807) is 0 Å². The van der Waals surface area contributed by atoms with Gasteiger partial charge in [-0.3, -0.25) is 9.59 Å². The predicted octanol–water partition coefficient (Wildman–Crippen LogP) is 2.25. The van der Waals surface area contributed by atoms with Crippen LogP contribution in [0.3, 0.4) is 0 Å². The lowest BCUT2D eigenvalue weighted by Gasteiger charge is -2.39. The number of aliphatic hydroxyl groups excluding tert-OH is 4. The first kappa shape index (κ1) is 28.7. The van der Waals surface area contributed by atoms with Crippen molar-refractivity contribution in [3.05, 3.63) is 0 Å². The first-order valence-corrected chi connectivity index (χ1v) is 14.5. The van der Waals surface area contributed by atoms with E-state index in [2.05, 4.69) is 0 Å². The van der Waals surface area contributed by atoms with E-state index in [-0.39, 0.29) is 54.9 Å². The minimum atomic E-state index is -0.697. The lowest BCUT2D eigenvalue weighted by molar-refractivity contribution is -0.166. The second-order valence-corrected chi connectivity index (χ2v) is 12.0. The van der Waals surface area contributed by atoms with Gasteiger partial charge in [0, 0.05) is 0 Å². The smallest absolute Gasteiger partial charge is 0.309 e. The standard InChI is InChI=1S/C28H46O9/c29-21-5-1-3-19(13-21)27(33)35-15-17-8-10-25(24(32)11-17)37-26-12-18(7-9-23(26)31)16-36-28(34)20-4-2-6-22(30)14-20/h17-26,29-32H,1-16H2. The van der Waals surface area contributed by atoms with E-state index in [9.17, 15) is 30.0 Å². The van der Waals surface area contributed by atoms with Crippen molar-refractivity contribution in [1.29, 1.82) is 0 Å². The molecular weight excluding hydrogens is 480 g/mol. The number of ether oxygens (including phenoxy) is 3. The van der Waals surface area contributed by atoms with Crippen molar-refractivity contribution in [2.24, 2.45) is 23.7 Å². The molecule has 4 aliphatic carbocycles. The zero-order valence-electron chi connectivity index (χ0n) is 21.9. The molecule has 9 nitrogen and oxygen atoms in total. The van der Waals surface area contributed by atoms with Crippen LogP contribution in [-0.2, 0) is 23.8 Å². The van der Waals surface area contributed by atoms with Crippen LogP contribution in [0.15, 0.2) is 0 Å². The highest BCUT2D eigenvalue weighted by molar-refractivity contribution is 5.73. The average Bonchev–Trinajstić information content (AvgIpc) is 2.88. The molecule has 0 radical (unpaired) electrons. The third kappa shape index (κ3) is 8.36. The summed E-state index contributed by atoms with van der Waals surface area (Å²) in [4.78, 5) is 24.8. The molecule has 4 N–H and O–H groups in total. The van der Waals surface area contributed by atoms with Gasteiger partial charge in [0.15, 0.2) is 0 Å². The number of rotatable bonds is 8. The molecule has 9 heteroatoms. The normalized spacial score (nSPS) is 41.1. The summed E-state index contributed by atoms with van der Waals surface area (Å²) in [5.41, 5.74) is 0. The predicted molar refractivity (Wildman–Crippen MR) is 133 cm³/mol. The summed E-state index contributed by atoms with van der Waals surface area (Å²) in [5, 5.41) is 40.9. The summed E-state index contributed by atoms with van der Waals surface area (Å²) in [5.74, 6) is -0.794. The highest BCUT2D eigenvalue weighted by atomic mass is 16.5. The van der Waals surface area contributed by atoms with Gasteiger partial charge in [-0.1, -0.05) is 12.8 Å². The van der Waals surface area contributed by atoms with E-state index in [1.807, 2.05) is 0 Å². The van der Waals surface area contributed by atoms with Crippen LogP contribution in [0.5, 0.6) is 0 Å². The van der Waals surface area contributed by atoms with Gasteiger partial charge in [0.1, 0.15) is 0 Å². The van der Waals surface area contributed by atoms with Gasteiger partial charge in [-0.05, 0) is 88.9 Å². The SMILES string of the molecule is O=C(OCC1CCC(OC2CC(COC(=O)C3CCCC(O)C3)CCC2O)C(O)C1)C1CCCC(O)C1. The summed E-state index contributed by atoms with van der Waals surface area (Å²) < 4.78 is 17.3. The zero-order chi connectivity index (χ0) is 26.4. The quantitative estimate of drug-likeness (QED) is 0.350. The third-order valence-corrected chi connectivity index (χ3v) is 8.96. The Bertz CT molecular complexity index is 745. The van der Waals surface area contributed by atoms with Crippen molar-refractivity contribution < 1.29 is 44.2 Å². The minimum Gasteiger partial charge on any atom is -0.465 e. The summed E-state index contributed by atoms with van der Waals surface area (Å²) >= 11 is 0. The van der Waals surface area contributed by atoms with Crippen LogP contribution >= 0.6 is 0 Å². The molecule has 0 heterocycles. The molecule has 0 bridgehead atoms. The summed E-state index contributed by atoms with van der Waals surface area (Å²) in [6.45, 7) is 0.559. The minimum absolute atomic E-state index is 0.0639. The molecule has 10 unspecified atom stereocenters. The highest BCUT2D eigenvalue weighted by Crippen LogP contribution is 2.34. The highest BCUT2D eigenvalue weighted by Gasteiger charge is 2.38. The average molecular weight is 527 g/mol. The lowest BCUT2D eigenvalue weighted by atomic mass is 9.83. The van der Waals surface area contributed by atoms with E-state index in [0.29, 0.717) is 38.5 Å². The van der Waals surface area contributed by atoms with E-state index in [4.69, 9.17) is 14.2 Å². The number of carbonyl (C=O) groups is 2. The molecule has 0 aromatic carbocycles. The molecule has 0 amide bonds. The molecule has 37 heavy (non-hydrogen) atoms. The van der Waals surface area contributed by atoms with Gasteiger partial charge in [0.05, 0.1) is 61.7 Å². The maximum atomic E-state index is 12.4. The number of carbonyl (C=O) groups excluding carboxylic acids is 2. The van der Waals surface area contributed by atoms with Gasteiger partial charge >= 0.3 is 11.9 Å². The van der Waals surface area contributed by atoms with Crippen molar-refractivity contribution >= 4 is 11.9 Å². The Morgan fingerprint density at radius 3 is 1.65 bits per heavy atom. The fourth-order valence-electron chi connectivity index (χ4n) is 6.62. The van der Waals surface area contributed by atoms with Crippen molar-refractivity contribution in [2.75, 3.05) is 13.2 Å². The van der Waals surface area contributed by atoms with Crippen LogP contribution < -0.4 is 0 Å². The second kappa shape index (κ2) is 13.7. The van der Waals surface area contributed by atoms with Gasteiger partial charge in [0.2, 0.25) is 0 Å². The summed E-state index contributed by atoms with van der Waals surface area (Å²) in [6.07, 6.45) is 6.40. The Morgan fingerprint density at radius 2 is 1.11 bits per heavy atom. The van der Waals surface area contributed by atoms with E-state index in [1.165, 1.54) is 0 Å². The Hall–Kier alpha value is -1.26. The Labute approximate surface area is 219 Å². The number of esters is 2. The number of hydrogen-bond acceptors (Lipinski definition) is 9. The molecule has 0 saturated heterocycles. The van der Waals surface area contributed by atoms with Crippen LogP contribution in [-0.4, -0.2) is 82.2 Å². The summed E-state index contributed by atoms with van der Waals surface area (Å²) in [6, 6.07) is 0. The molecular formula is C28H46O9. The maximum Gasteiger partial charge on any atom is 0.309 e. The molecule has 0 aromatic rings. The van der Waals surface area contributed by atoms with Crippen molar-refractivity contribution in [2.45, 2.75) is 127 Å². The second-order valence-electron chi connectivity index (χ2n) is 12.0. The molecule has 212 valence electrons. The Morgan fingerprint density at radius 1 is 0.568 bits per heavy atom. The first-order valence-electron chi connectivity index (χ1n) is 14.5. The molecule has 4 aliphatic rings. The van der Waals surface area contributed by atoms with Crippen LogP contribution in [0.2, 0.25) is 0 Å². The topological polar surface area (TPSA) is 143 Å². The van der Waals surface area contributed by atoms with E-state index < -0.39 is 30.5 Å². The monoisotopic (exact) mass is 526 g/mol. The lowest BCUT2D eigenvalue weighted by Crippen LogP contribution is -2.45. The molecule has 0 spiro atoms.